The number of primary amides is 1. The smallest absolute Gasteiger partial charge is 0.313 e. The number of methoxy groups -OCH3 is 5. The number of aryl methyl sites for hydroxylation is 1. The summed E-state index contributed by atoms with van der Waals surface area (Å²) in [6.07, 6.45) is 10.8. The fraction of sp³-hybridized carbons (Fsp3) is 0.495. The van der Waals surface area contributed by atoms with Gasteiger partial charge >= 0.3 is 5.95 Å². The molecule has 9 aromatic rings. The molecular weight excluding hydrogens is 1740 g/mol. The predicted molar refractivity (Wildman–Crippen MR) is 504 cm³/mol. The highest BCUT2D eigenvalue weighted by molar-refractivity contribution is 7.19. The molecule has 0 radical (unpaired) electrons. The summed E-state index contributed by atoms with van der Waals surface area (Å²) < 4.78 is 45.7. The van der Waals surface area contributed by atoms with E-state index in [1.54, 1.807) is 112 Å². The largest absolute Gasteiger partial charge is 0.497 e. The number of ether oxygens (including phenoxy) is 5. The van der Waals surface area contributed by atoms with Crippen molar-refractivity contribution >= 4 is 138 Å². The van der Waals surface area contributed by atoms with Gasteiger partial charge in [-0.15, -0.1) is 11.3 Å². The molecule has 0 bridgehead atoms. The van der Waals surface area contributed by atoms with E-state index in [2.05, 4.69) is 85.3 Å². The van der Waals surface area contributed by atoms with Gasteiger partial charge in [0.25, 0.3) is 5.91 Å². The number of rotatable bonds is 26. The Morgan fingerprint density at radius 1 is 0.492 bits per heavy atom. The van der Waals surface area contributed by atoms with Crippen LogP contribution in [0.2, 0.25) is 4.34 Å². The maximum atomic E-state index is 11.5. The number of aromatic nitrogens is 6. The number of aromatic amines is 1. The van der Waals surface area contributed by atoms with E-state index in [-0.39, 0.29) is 136 Å². The minimum atomic E-state index is -0.718. The summed E-state index contributed by atoms with van der Waals surface area (Å²) >= 11 is 8.28. The van der Waals surface area contributed by atoms with E-state index in [9.17, 15) is 52.7 Å². The molecule has 7 aromatic heterocycles. The second kappa shape index (κ2) is 58.2. The quantitative estimate of drug-likeness (QED) is 0.0240. The molecule has 12 N–H and O–H groups in total. The van der Waals surface area contributed by atoms with Crippen LogP contribution in [-0.4, -0.2) is 143 Å². The van der Waals surface area contributed by atoms with Crippen LogP contribution in [0.15, 0.2) is 115 Å². The van der Waals surface area contributed by atoms with Crippen molar-refractivity contribution in [2.75, 3.05) is 72.8 Å². The number of thiazole rings is 2. The number of nitrogens with zero attached hydrogens (tertiary/aromatic N) is 5. The summed E-state index contributed by atoms with van der Waals surface area (Å²) in [6, 6.07) is 23.7. The van der Waals surface area contributed by atoms with E-state index in [1.165, 1.54) is 74.8 Å². The van der Waals surface area contributed by atoms with Gasteiger partial charge in [0.15, 0.2) is 39.1 Å². The summed E-state index contributed by atoms with van der Waals surface area (Å²) in [5.74, 6) is 5.24. The maximum Gasteiger partial charge on any atom is 0.313 e. The third kappa shape index (κ3) is 42.6. The van der Waals surface area contributed by atoms with Crippen LogP contribution < -0.4 is 77.3 Å². The minimum Gasteiger partial charge on any atom is -0.497 e. The molecule has 11 rings (SSSR count). The first kappa shape index (κ1) is 112. The lowest BCUT2D eigenvalue weighted by molar-refractivity contribution is -0.126. The Morgan fingerprint density at radius 2 is 0.985 bits per heavy atom. The number of ketones is 1. The predicted octanol–water partition coefficient (Wildman–Crippen LogP) is 17.8. The number of hydrogen-bond acceptors (Lipinski definition) is 27. The standard InChI is InChI=1S/C12H14N2O2S.C12H17NO3.C11H12N2O3.C11H15NO2.C11H21NO.C10H17NO2.C9H14N4O3.C8H12N2O3.C7H9ClN2OS/c1-7(2)11(15)14-12-13-9(6-17-12)10-5-4-8(3)16-10;1-8(2)12(14)13-9-5-10(15-3)7-11(6-9)16-4;1-7(2)11(14)12-10-6-8(13-16-10)9-4-3-5-15-9;1-8(2)11(13)12-9-5-4-6-10(7-9)14-3;1-8(2)11(13)12-10-6-4-9(3)5-7-10;1-7(2)10(13)11-8-3-5-9(12)6-4-8;1-4(2)8(15)11-7-5(6(10)14)9(16-3)13-12-7;1-5(2)8(11)9-6-4-7(12-3)13-10-6;1-4(2)6(11)10-7-9-3-5(8)12-7/h4-7H,1-3H3,(H,13,14,15);5-8H,1-4H3,(H,13,14);3-7H,1-2H3,(H,12,14);4-8H,1-3H3,(H,12,13);8-10H,4-7H2,1-3H3,(H,12,13);7-8H,3-6H2,1-2H3,(H,11,13);4H,1-3H3,(H2,10,14)(H2,11,12,13,15);4-5H,1-3H3,(H,9,10,11);3-4H,1-2H3,(H,9,10,11). The van der Waals surface area contributed by atoms with Crippen LogP contribution in [-0.2, 0) is 47.9 Å². The third-order valence-electron chi connectivity index (χ3n) is 18.3. The molecule has 10 amide bonds. The topological polar surface area (TPSA) is 501 Å². The zero-order valence-corrected chi connectivity index (χ0v) is 81.4. The molecule has 2 saturated carbocycles. The van der Waals surface area contributed by atoms with E-state index in [0.717, 1.165) is 47.4 Å². The lowest BCUT2D eigenvalue weighted by atomic mass is 9.87. The van der Waals surface area contributed by atoms with Crippen molar-refractivity contribution in [1.29, 1.82) is 0 Å². The fourth-order valence-electron chi connectivity index (χ4n) is 10.1. The van der Waals surface area contributed by atoms with Crippen LogP contribution in [0.25, 0.3) is 22.9 Å². The van der Waals surface area contributed by atoms with Crippen molar-refractivity contribution in [2.24, 2.45) is 64.9 Å². The van der Waals surface area contributed by atoms with Crippen molar-refractivity contribution in [3.05, 3.63) is 112 Å². The maximum absolute atomic E-state index is 11.5. The molecule has 7 heterocycles. The molecule has 0 spiro atoms. The summed E-state index contributed by atoms with van der Waals surface area (Å²) in [5.41, 5.74) is 7.95. The number of nitrogens with two attached hydrogens (primary N) is 1. The van der Waals surface area contributed by atoms with E-state index in [0.29, 0.717) is 79.6 Å². The molecule has 36 nitrogen and oxygen atoms in total. The van der Waals surface area contributed by atoms with Gasteiger partial charge in [-0.1, -0.05) is 171 Å². The highest BCUT2D eigenvalue weighted by Crippen LogP contribution is 2.31. The van der Waals surface area contributed by atoms with E-state index in [1.807, 2.05) is 126 Å². The highest BCUT2D eigenvalue weighted by Gasteiger charge is 2.25. The summed E-state index contributed by atoms with van der Waals surface area (Å²) in [6.45, 7) is 37.2. The van der Waals surface area contributed by atoms with Gasteiger partial charge in [0.05, 0.1) is 54.1 Å². The zero-order valence-electron chi connectivity index (χ0n) is 79.0. The number of carbonyl (C=O) groups is 11. The van der Waals surface area contributed by atoms with Gasteiger partial charge < -0.3 is 89.8 Å². The van der Waals surface area contributed by atoms with Crippen molar-refractivity contribution in [1.82, 2.24) is 41.1 Å². The number of hydrogen-bond donors (Lipinski definition) is 11. The third-order valence-corrected chi connectivity index (χ3v) is 20.0. The van der Waals surface area contributed by atoms with Crippen LogP contribution in [0, 0.1) is 66.1 Å². The molecule has 0 unspecified atom stereocenters. The van der Waals surface area contributed by atoms with Gasteiger partial charge in [0, 0.05) is 125 Å². The van der Waals surface area contributed by atoms with Gasteiger partial charge in [0.1, 0.15) is 44.4 Å². The Kier molecular flexibility index (Phi) is 50.0. The Balaban J connectivity index is 0.000000378. The van der Waals surface area contributed by atoms with Gasteiger partial charge in [-0.05, 0) is 87.8 Å². The van der Waals surface area contributed by atoms with Gasteiger partial charge in [-0.2, -0.15) is 5.10 Å². The molecule has 2 aliphatic rings. The van der Waals surface area contributed by atoms with Crippen molar-refractivity contribution in [3.8, 4) is 52.0 Å². The van der Waals surface area contributed by atoms with Gasteiger partial charge in [0.2, 0.25) is 64.9 Å². The van der Waals surface area contributed by atoms with Crippen LogP contribution in [0.1, 0.15) is 199 Å². The first-order valence-electron chi connectivity index (χ1n) is 42.5. The van der Waals surface area contributed by atoms with Crippen LogP contribution in [0.4, 0.5) is 39.2 Å². The van der Waals surface area contributed by atoms with Crippen LogP contribution in [0.5, 0.6) is 29.1 Å². The normalized spacial score (nSPS) is 13.1. The van der Waals surface area contributed by atoms with Crippen molar-refractivity contribution < 1.29 is 94.3 Å². The zero-order chi connectivity index (χ0) is 97.6. The summed E-state index contributed by atoms with van der Waals surface area (Å²) in [7, 11) is 7.58. The molecule has 2 aromatic carbocycles. The number of anilines is 7. The number of benzene rings is 2. The number of nitrogens with one attached hydrogen (secondary N) is 10. The fourth-order valence-corrected chi connectivity index (χ4v) is 11.6. The number of Topliss-reactive ketones (excluding diaryl/α,β-unsaturated/α-hetero) is 1. The molecule has 130 heavy (non-hydrogen) atoms. The number of H-pyrrole nitrogens is 1. The van der Waals surface area contributed by atoms with Crippen LogP contribution >= 0.6 is 34.3 Å². The number of carbonyl (C=O) groups excluding carboxylic acids is 11. The van der Waals surface area contributed by atoms with Crippen molar-refractivity contribution in [2.45, 2.75) is 202 Å². The first-order chi connectivity index (χ1) is 61.3. The Bertz CT molecular complexity index is 4940. The first-order valence-corrected chi connectivity index (χ1v) is 44.6. The average molecular weight is 1870 g/mol. The molecular formula is C91H131ClN16O20S2. The number of amides is 10. The van der Waals surface area contributed by atoms with E-state index >= 15 is 0 Å². The molecule has 714 valence electrons. The molecule has 0 atom stereocenters. The Hall–Kier alpha value is -12.5. The SMILES string of the molecule is CC(C)C(=O)NC1CCC(=O)CC1.CC(C)C(=O)Nc1cc(-c2ccco2)no1.CC(C)C(=O)Nc1ncc(Cl)s1.CC1CCC(NC(=O)C(C)C)CC1.COc1[nH]nc(NC(=O)C(C)C)c1C(N)=O.COc1cc(NC(=O)C(C)C)cc(OC)c1.COc1cc(NC(=O)C(C)C)no1.COc1cccc(NC(=O)C(C)C)c1.Cc1ccc(-c2csc(NC(=O)C(C)C)n2)o1. The second-order valence-corrected chi connectivity index (χ2v) is 35.0. The molecule has 0 aliphatic heterocycles. The lowest BCUT2D eigenvalue weighted by Crippen LogP contribution is -2.39. The highest BCUT2D eigenvalue weighted by atomic mass is 35.5. The molecule has 2 aliphatic carbocycles. The summed E-state index contributed by atoms with van der Waals surface area (Å²) in [5, 5.41) is 41.3. The lowest BCUT2D eigenvalue weighted by Gasteiger charge is -2.27. The monoisotopic (exact) mass is 1870 g/mol. The van der Waals surface area contributed by atoms with Crippen LogP contribution in [0.3, 0.4) is 0 Å². The average Bonchev–Trinajstić information content (AvgIpc) is 1.70. The molecule has 2 fully saturated rings. The van der Waals surface area contributed by atoms with Gasteiger partial charge in [-0.3, -0.25) is 58.1 Å². The summed E-state index contributed by atoms with van der Waals surface area (Å²) in [4.78, 5) is 132. The Labute approximate surface area is 773 Å². The number of halogens is 1. The Morgan fingerprint density at radius 3 is 1.45 bits per heavy atom. The molecule has 39 heteroatoms. The second-order valence-electron chi connectivity index (χ2n) is 32.5. The molecule has 0 saturated heterocycles. The van der Waals surface area contributed by atoms with Crippen molar-refractivity contribution in [3.63, 3.8) is 0 Å². The van der Waals surface area contributed by atoms with E-state index in [4.69, 9.17) is 58.9 Å². The van der Waals surface area contributed by atoms with Gasteiger partial charge in [-0.25, -0.2) is 15.1 Å². The minimum absolute atomic E-state index is 0.0123. The number of furan rings is 2. The van der Waals surface area contributed by atoms with E-state index < -0.39 is 5.91 Å².